The van der Waals surface area contributed by atoms with E-state index in [2.05, 4.69) is 9.10 Å². The summed E-state index contributed by atoms with van der Waals surface area (Å²) in [5, 5.41) is 9.17. The molecule has 9 heteroatoms. The molecule has 1 fully saturated rings. The summed E-state index contributed by atoms with van der Waals surface area (Å²) in [6, 6.07) is 0. The molecule has 1 atom stereocenters. The molecule has 0 saturated carbocycles. The van der Waals surface area contributed by atoms with E-state index in [9.17, 15) is 13.2 Å². The Hall–Kier alpha value is -1.19. The summed E-state index contributed by atoms with van der Waals surface area (Å²) in [6.07, 6.45) is 1.82. The molecule has 1 aliphatic rings. The van der Waals surface area contributed by atoms with Crippen LogP contribution < -0.4 is 4.72 Å². The number of nitrogens with zero attached hydrogens (tertiary/aromatic N) is 2. The lowest BCUT2D eigenvalue weighted by atomic mass is 10.0. The number of hydrogen-bond donors (Lipinski definition) is 2. The van der Waals surface area contributed by atoms with Crippen molar-refractivity contribution in [2.45, 2.75) is 26.7 Å². The molecule has 1 unspecified atom stereocenters. The number of aromatic nitrogens is 1. The lowest BCUT2D eigenvalue weighted by Crippen LogP contribution is -2.42. The normalized spacial score (nSPS) is 20.8. The molecule has 0 radical (unpaired) electrons. The van der Waals surface area contributed by atoms with E-state index >= 15 is 0 Å². The van der Waals surface area contributed by atoms with Crippen LogP contribution in [0.3, 0.4) is 0 Å². The van der Waals surface area contributed by atoms with Gasteiger partial charge in [0.05, 0.1) is 5.69 Å². The van der Waals surface area contributed by atoms with E-state index in [0.717, 1.165) is 24.4 Å². The monoisotopic (exact) mass is 319 g/mol. The average Bonchev–Trinajstić information content (AvgIpc) is 2.69. The Labute approximate surface area is 122 Å². The van der Waals surface area contributed by atoms with Crippen LogP contribution in [0.15, 0.2) is 0 Å². The van der Waals surface area contributed by atoms with Gasteiger partial charge in [0.2, 0.25) is 0 Å². The molecule has 0 aliphatic carbocycles. The summed E-state index contributed by atoms with van der Waals surface area (Å²) in [5.41, 5.74) is 0.232. The maximum absolute atomic E-state index is 12.3. The second-order valence-corrected chi connectivity index (χ2v) is 7.43. The van der Waals surface area contributed by atoms with E-state index < -0.39 is 16.2 Å². The van der Waals surface area contributed by atoms with Crippen molar-refractivity contribution >= 4 is 32.7 Å². The lowest BCUT2D eigenvalue weighted by molar-refractivity contribution is 0.0697. The van der Waals surface area contributed by atoms with Gasteiger partial charge in [0.25, 0.3) is 0 Å². The zero-order chi connectivity index (χ0) is 14.9. The Morgan fingerprint density at radius 3 is 2.85 bits per heavy atom. The fraction of sp³-hybridized carbons (Fsp3) is 0.636. The van der Waals surface area contributed by atoms with Gasteiger partial charge in [0.1, 0.15) is 10.6 Å². The van der Waals surface area contributed by atoms with Gasteiger partial charge in [0, 0.05) is 13.1 Å². The van der Waals surface area contributed by atoms with Crippen LogP contribution in [-0.2, 0) is 10.2 Å². The molecule has 112 valence electrons. The molecule has 20 heavy (non-hydrogen) atoms. The van der Waals surface area contributed by atoms with Crippen LogP contribution in [0, 0.1) is 12.8 Å². The number of rotatable bonds is 4. The third-order valence-electron chi connectivity index (χ3n) is 3.26. The Morgan fingerprint density at radius 2 is 2.25 bits per heavy atom. The molecule has 2 N–H and O–H groups in total. The van der Waals surface area contributed by atoms with E-state index in [-0.39, 0.29) is 10.6 Å². The third kappa shape index (κ3) is 3.10. The Morgan fingerprint density at radius 1 is 1.55 bits per heavy atom. The molecular formula is C11H17N3O4S2. The lowest BCUT2D eigenvalue weighted by Gasteiger charge is -2.29. The minimum absolute atomic E-state index is 0.0632. The summed E-state index contributed by atoms with van der Waals surface area (Å²) in [7, 11) is -3.72. The maximum atomic E-state index is 12.3. The molecule has 2 heterocycles. The summed E-state index contributed by atoms with van der Waals surface area (Å²) >= 11 is 0.848. The first-order valence-corrected chi connectivity index (χ1v) is 8.50. The average molecular weight is 319 g/mol. The summed E-state index contributed by atoms with van der Waals surface area (Å²) in [6.45, 7) is 4.46. The first kappa shape index (κ1) is 15.2. The van der Waals surface area contributed by atoms with Gasteiger partial charge in [-0.2, -0.15) is 17.1 Å². The van der Waals surface area contributed by atoms with Crippen LogP contribution in [0.2, 0.25) is 0 Å². The molecule has 7 nitrogen and oxygen atoms in total. The van der Waals surface area contributed by atoms with Crippen molar-refractivity contribution in [3.8, 4) is 0 Å². The molecule has 0 bridgehead atoms. The van der Waals surface area contributed by atoms with E-state index in [4.69, 9.17) is 5.11 Å². The minimum atomic E-state index is -3.72. The van der Waals surface area contributed by atoms with Gasteiger partial charge in [-0.25, -0.2) is 4.79 Å². The molecule has 1 saturated heterocycles. The van der Waals surface area contributed by atoms with Gasteiger partial charge in [-0.15, -0.1) is 0 Å². The van der Waals surface area contributed by atoms with Crippen LogP contribution in [0.4, 0.5) is 5.00 Å². The van der Waals surface area contributed by atoms with Crippen molar-refractivity contribution in [3.63, 3.8) is 0 Å². The zero-order valence-corrected chi connectivity index (χ0v) is 12.9. The largest absolute Gasteiger partial charge is 0.478 e. The van der Waals surface area contributed by atoms with Crippen LogP contribution in [-0.4, -0.2) is 41.3 Å². The molecule has 2 rings (SSSR count). The molecular weight excluding hydrogens is 302 g/mol. The molecule has 1 aliphatic heterocycles. The standard InChI is InChI=1S/C11H17N3O4S2/c1-7-4-3-5-14(6-7)20(17,18)13-10-9(11(15)16)8(2)12-19-10/h7,13H,3-6H2,1-2H3,(H,15,16). The predicted molar refractivity (Wildman–Crippen MR) is 76.3 cm³/mol. The minimum Gasteiger partial charge on any atom is -0.478 e. The molecule has 0 aromatic carbocycles. The van der Waals surface area contributed by atoms with Gasteiger partial charge >= 0.3 is 16.2 Å². The number of carboxylic acids is 1. The fourth-order valence-electron chi connectivity index (χ4n) is 2.24. The maximum Gasteiger partial charge on any atom is 0.340 e. The van der Waals surface area contributed by atoms with E-state index in [0.29, 0.717) is 24.7 Å². The smallest absolute Gasteiger partial charge is 0.340 e. The summed E-state index contributed by atoms with van der Waals surface area (Å²) < 4.78 is 32.2. The van der Waals surface area contributed by atoms with Crippen LogP contribution in [0.5, 0.6) is 0 Å². The Balaban J connectivity index is 2.22. The topological polar surface area (TPSA) is 99.6 Å². The number of carbonyl (C=O) groups is 1. The van der Waals surface area contributed by atoms with Crippen molar-refractivity contribution in [1.29, 1.82) is 0 Å². The molecule has 0 spiro atoms. The van der Waals surface area contributed by atoms with Gasteiger partial charge < -0.3 is 5.11 Å². The molecule has 1 aromatic heterocycles. The van der Waals surface area contributed by atoms with Crippen molar-refractivity contribution < 1.29 is 18.3 Å². The predicted octanol–water partition coefficient (Wildman–Crippen LogP) is 1.54. The SMILES string of the molecule is Cc1nsc(NS(=O)(=O)N2CCCC(C)C2)c1C(=O)O. The first-order chi connectivity index (χ1) is 9.31. The number of piperidine rings is 1. The third-order valence-corrected chi connectivity index (χ3v) is 5.71. The van der Waals surface area contributed by atoms with E-state index in [1.54, 1.807) is 6.92 Å². The highest BCUT2D eigenvalue weighted by atomic mass is 32.2. The number of carboxylic acid groups (broad SMARTS) is 1. The summed E-state index contributed by atoms with van der Waals surface area (Å²) in [4.78, 5) is 11.1. The van der Waals surface area contributed by atoms with Crippen LogP contribution >= 0.6 is 11.5 Å². The number of nitrogens with one attached hydrogen (secondary N) is 1. The van der Waals surface area contributed by atoms with Crippen LogP contribution in [0.25, 0.3) is 0 Å². The highest BCUT2D eigenvalue weighted by molar-refractivity contribution is 7.90. The second-order valence-electron chi connectivity index (χ2n) is 4.99. The Kier molecular flexibility index (Phi) is 4.31. The Bertz CT molecular complexity index is 611. The highest BCUT2D eigenvalue weighted by Crippen LogP contribution is 2.27. The number of anilines is 1. The van der Waals surface area contributed by atoms with Crippen molar-refractivity contribution in [2.24, 2.45) is 5.92 Å². The quantitative estimate of drug-likeness (QED) is 0.877. The molecule has 1 aromatic rings. The van der Waals surface area contributed by atoms with Crippen molar-refractivity contribution in [1.82, 2.24) is 8.68 Å². The van der Waals surface area contributed by atoms with Crippen LogP contribution in [0.1, 0.15) is 35.8 Å². The second kappa shape index (κ2) is 5.66. The number of aryl methyl sites for hydroxylation is 1. The number of aromatic carboxylic acids is 1. The van der Waals surface area contributed by atoms with Gasteiger partial charge in [-0.1, -0.05) is 6.92 Å². The first-order valence-electron chi connectivity index (χ1n) is 6.28. The highest BCUT2D eigenvalue weighted by Gasteiger charge is 2.29. The summed E-state index contributed by atoms with van der Waals surface area (Å²) in [5.74, 6) is -0.872. The fourth-order valence-corrected chi connectivity index (χ4v) is 4.63. The van der Waals surface area contributed by atoms with Gasteiger partial charge in [-0.05, 0) is 37.2 Å². The van der Waals surface area contributed by atoms with Crippen molar-refractivity contribution in [2.75, 3.05) is 17.8 Å². The molecule has 0 amide bonds. The van der Waals surface area contributed by atoms with E-state index in [1.165, 1.54) is 4.31 Å². The van der Waals surface area contributed by atoms with E-state index in [1.807, 2.05) is 6.92 Å². The van der Waals surface area contributed by atoms with Gasteiger partial charge in [-0.3, -0.25) is 4.72 Å². The van der Waals surface area contributed by atoms with Gasteiger partial charge in [0.15, 0.2) is 0 Å². The van der Waals surface area contributed by atoms with Crippen molar-refractivity contribution in [3.05, 3.63) is 11.3 Å². The number of hydrogen-bond acceptors (Lipinski definition) is 5. The zero-order valence-electron chi connectivity index (χ0n) is 11.3.